The summed E-state index contributed by atoms with van der Waals surface area (Å²) in [5.74, 6) is 0.544. The van der Waals surface area contributed by atoms with Crippen molar-refractivity contribution in [3.63, 3.8) is 0 Å². The number of unbranched alkanes of at least 4 members (excludes halogenated alkanes) is 4. The third kappa shape index (κ3) is 5.21. The minimum absolute atomic E-state index is 0.544. The highest BCUT2D eigenvalue weighted by molar-refractivity contribution is 7.98. The van der Waals surface area contributed by atoms with Gasteiger partial charge in [0.25, 0.3) is 0 Å². The summed E-state index contributed by atoms with van der Waals surface area (Å²) < 4.78 is 0. The molecule has 1 aromatic rings. The highest BCUT2D eigenvalue weighted by atomic mass is 32.2. The van der Waals surface area contributed by atoms with E-state index in [0.717, 1.165) is 12.0 Å². The molecule has 0 fully saturated rings. The second-order valence-corrected chi connectivity index (χ2v) is 6.25. The number of nitriles is 1. The molecule has 0 saturated carbocycles. The Labute approximate surface area is 128 Å². The van der Waals surface area contributed by atoms with Crippen LogP contribution in [0, 0.1) is 11.3 Å². The number of nitrogens with zero attached hydrogens (tertiary/aromatic N) is 1. The predicted octanol–water partition coefficient (Wildman–Crippen LogP) is 6.13. The molecule has 0 aliphatic carbocycles. The molecular formula is C18H27NS. The van der Waals surface area contributed by atoms with E-state index in [1.165, 1.54) is 49.0 Å². The third-order valence-corrected chi connectivity index (χ3v) is 4.70. The molecule has 1 atom stereocenters. The van der Waals surface area contributed by atoms with E-state index >= 15 is 0 Å². The Morgan fingerprint density at radius 2 is 1.90 bits per heavy atom. The van der Waals surface area contributed by atoms with Crippen LogP contribution in [0.5, 0.6) is 0 Å². The van der Waals surface area contributed by atoms with Crippen LogP contribution in [0.2, 0.25) is 0 Å². The van der Waals surface area contributed by atoms with E-state index in [1.54, 1.807) is 11.8 Å². The molecular weight excluding hydrogens is 262 g/mol. The summed E-state index contributed by atoms with van der Waals surface area (Å²) in [6.07, 6.45) is 11.0. The minimum atomic E-state index is 0.544. The van der Waals surface area contributed by atoms with Gasteiger partial charge in [0, 0.05) is 4.90 Å². The Morgan fingerprint density at radius 3 is 2.50 bits per heavy atom. The number of hydrogen-bond donors (Lipinski definition) is 0. The van der Waals surface area contributed by atoms with E-state index in [0.29, 0.717) is 5.92 Å². The summed E-state index contributed by atoms with van der Waals surface area (Å²) in [6.45, 7) is 4.49. The highest BCUT2D eigenvalue weighted by Gasteiger charge is 2.14. The van der Waals surface area contributed by atoms with E-state index in [1.807, 2.05) is 6.07 Å². The van der Waals surface area contributed by atoms with Gasteiger partial charge in [-0.1, -0.05) is 52.0 Å². The maximum absolute atomic E-state index is 9.37. The average molecular weight is 289 g/mol. The van der Waals surface area contributed by atoms with Crippen molar-refractivity contribution in [2.24, 2.45) is 0 Å². The fourth-order valence-corrected chi connectivity index (χ4v) is 3.13. The Bertz CT molecular complexity index is 434. The lowest BCUT2D eigenvalue weighted by molar-refractivity contribution is 0.534. The van der Waals surface area contributed by atoms with E-state index in [-0.39, 0.29) is 0 Å². The number of hydrogen-bond acceptors (Lipinski definition) is 2. The molecule has 0 spiro atoms. The van der Waals surface area contributed by atoms with Crippen LogP contribution < -0.4 is 0 Å². The fourth-order valence-electron chi connectivity index (χ4n) is 2.69. The Kier molecular flexibility index (Phi) is 8.46. The van der Waals surface area contributed by atoms with Crippen LogP contribution in [-0.4, -0.2) is 6.26 Å². The smallest absolute Gasteiger partial charge is 0.0995 e. The van der Waals surface area contributed by atoms with Gasteiger partial charge in [0.1, 0.15) is 0 Å². The number of benzene rings is 1. The van der Waals surface area contributed by atoms with Gasteiger partial charge in [-0.25, -0.2) is 0 Å². The van der Waals surface area contributed by atoms with Crippen LogP contribution in [0.15, 0.2) is 23.1 Å². The summed E-state index contributed by atoms with van der Waals surface area (Å²) in [4.78, 5) is 1.18. The second-order valence-electron chi connectivity index (χ2n) is 5.37. The van der Waals surface area contributed by atoms with Gasteiger partial charge < -0.3 is 0 Å². The molecule has 2 heteroatoms. The maximum Gasteiger partial charge on any atom is 0.0995 e. The first-order chi connectivity index (χ1) is 9.76. The molecule has 1 nitrogen and oxygen atoms in total. The Balaban J connectivity index is 2.67. The Morgan fingerprint density at radius 1 is 1.15 bits per heavy atom. The van der Waals surface area contributed by atoms with Crippen molar-refractivity contribution in [3.05, 3.63) is 29.3 Å². The number of thioether (sulfide) groups is 1. The molecule has 0 radical (unpaired) electrons. The minimum Gasteiger partial charge on any atom is -0.192 e. The third-order valence-electron chi connectivity index (χ3n) is 3.97. The molecule has 0 aliphatic heterocycles. The van der Waals surface area contributed by atoms with Crippen molar-refractivity contribution < 1.29 is 0 Å². The molecule has 0 N–H and O–H groups in total. The summed E-state index contributed by atoms with van der Waals surface area (Å²) in [7, 11) is 0. The van der Waals surface area contributed by atoms with Crippen molar-refractivity contribution in [2.75, 3.05) is 6.26 Å². The van der Waals surface area contributed by atoms with E-state index in [4.69, 9.17) is 0 Å². The fraction of sp³-hybridized carbons (Fsp3) is 0.611. The second kappa shape index (κ2) is 9.88. The van der Waals surface area contributed by atoms with Gasteiger partial charge in [-0.2, -0.15) is 5.26 Å². The Hall–Kier alpha value is -0.940. The van der Waals surface area contributed by atoms with Gasteiger partial charge in [0.05, 0.1) is 11.6 Å². The largest absolute Gasteiger partial charge is 0.192 e. The zero-order chi connectivity index (χ0) is 14.8. The van der Waals surface area contributed by atoms with Gasteiger partial charge in [0.2, 0.25) is 0 Å². The maximum atomic E-state index is 9.37. The predicted molar refractivity (Wildman–Crippen MR) is 89.3 cm³/mol. The van der Waals surface area contributed by atoms with Crippen molar-refractivity contribution in [1.29, 1.82) is 5.26 Å². The van der Waals surface area contributed by atoms with Crippen molar-refractivity contribution in [3.8, 4) is 6.07 Å². The van der Waals surface area contributed by atoms with E-state index in [9.17, 15) is 5.26 Å². The van der Waals surface area contributed by atoms with Crippen LogP contribution in [-0.2, 0) is 0 Å². The first kappa shape index (κ1) is 17.1. The summed E-state index contributed by atoms with van der Waals surface area (Å²) in [6, 6.07) is 8.75. The lowest BCUT2D eigenvalue weighted by Crippen LogP contribution is -2.01. The van der Waals surface area contributed by atoms with Crippen LogP contribution in [0.4, 0.5) is 0 Å². The van der Waals surface area contributed by atoms with Crippen LogP contribution in [0.25, 0.3) is 0 Å². The first-order valence-electron chi connectivity index (χ1n) is 7.84. The normalized spacial score (nSPS) is 12.1. The van der Waals surface area contributed by atoms with Gasteiger partial charge >= 0.3 is 0 Å². The van der Waals surface area contributed by atoms with Gasteiger partial charge in [-0.15, -0.1) is 11.8 Å². The lowest BCUT2D eigenvalue weighted by atomic mass is 9.88. The SMILES string of the molecule is CCCCCCCC(CC)c1ccc(SC)cc1C#N. The van der Waals surface area contributed by atoms with E-state index < -0.39 is 0 Å². The highest BCUT2D eigenvalue weighted by Crippen LogP contribution is 2.30. The molecule has 110 valence electrons. The average Bonchev–Trinajstić information content (AvgIpc) is 2.50. The van der Waals surface area contributed by atoms with Crippen LogP contribution >= 0.6 is 11.8 Å². The van der Waals surface area contributed by atoms with Gasteiger partial charge in [-0.3, -0.25) is 0 Å². The zero-order valence-electron chi connectivity index (χ0n) is 13.1. The summed E-state index contributed by atoms with van der Waals surface area (Å²) >= 11 is 1.70. The monoisotopic (exact) mass is 289 g/mol. The molecule has 0 aromatic heterocycles. The molecule has 0 heterocycles. The number of rotatable bonds is 9. The summed E-state index contributed by atoms with van der Waals surface area (Å²) in [5.41, 5.74) is 2.13. The summed E-state index contributed by atoms with van der Waals surface area (Å²) in [5, 5.41) is 9.37. The molecule has 0 saturated heterocycles. The quantitative estimate of drug-likeness (QED) is 0.403. The van der Waals surface area contributed by atoms with Crippen LogP contribution in [0.3, 0.4) is 0 Å². The zero-order valence-corrected chi connectivity index (χ0v) is 13.9. The lowest BCUT2D eigenvalue weighted by Gasteiger charge is -2.17. The molecule has 1 rings (SSSR count). The van der Waals surface area contributed by atoms with Crippen molar-refractivity contribution in [2.45, 2.75) is 69.6 Å². The van der Waals surface area contributed by atoms with Gasteiger partial charge in [-0.05, 0) is 42.7 Å². The van der Waals surface area contributed by atoms with Crippen LogP contribution in [0.1, 0.15) is 75.8 Å². The van der Waals surface area contributed by atoms with Gasteiger partial charge in [0.15, 0.2) is 0 Å². The molecule has 20 heavy (non-hydrogen) atoms. The first-order valence-corrected chi connectivity index (χ1v) is 9.07. The van der Waals surface area contributed by atoms with Crippen molar-refractivity contribution >= 4 is 11.8 Å². The molecule has 0 aliphatic rings. The topological polar surface area (TPSA) is 23.8 Å². The van der Waals surface area contributed by atoms with E-state index in [2.05, 4.69) is 38.3 Å². The molecule has 0 amide bonds. The standard InChI is InChI=1S/C18H27NS/c1-4-6-7-8-9-10-15(5-2)18-12-11-17(20-3)13-16(18)14-19/h11-13,15H,4-10H2,1-3H3. The molecule has 0 bridgehead atoms. The molecule has 1 aromatic carbocycles. The molecule has 1 unspecified atom stereocenters. The van der Waals surface area contributed by atoms with Crippen molar-refractivity contribution in [1.82, 2.24) is 0 Å².